The van der Waals surface area contributed by atoms with Gasteiger partial charge in [0.25, 0.3) is 5.56 Å². The van der Waals surface area contributed by atoms with Crippen molar-refractivity contribution >= 4 is 23.0 Å². The van der Waals surface area contributed by atoms with Crippen molar-refractivity contribution in [1.29, 1.82) is 0 Å². The van der Waals surface area contributed by atoms with Crippen LogP contribution in [0.15, 0.2) is 34.0 Å². The minimum absolute atomic E-state index is 0.254. The van der Waals surface area contributed by atoms with E-state index in [9.17, 15) is 9.59 Å². The number of halogens is 1. The molecule has 2 heterocycles. The van der Waals surface area contributed by atoms with Crippen LogP contribution in [0.4, 0.5) is 11.4 Å². The highest BCUT2D eigenvalue weighted by Gasteiger charge is 2.22. The molecule has 0 radical (unpaired) electrons. The molecule has 0 fully saturated rings. The average Bonchev–Trinajstić information content (AvgIpc) is 2.53. The monoisotopic (exact) mass is 334 g/mol. The van der Waals surface area contributed by atoms with Gasteiger partial charge in [-0.3, -0.25) is 9.36 Å². The Morgan fingerprint density at radius 2 is 1.83 bits per heavy atom. The van der Waals surface area contributed by atoms with Crippen LogP contribution >= 0.6 is 11.6 Å². The summed E-state index contributed by atoms with van der Waals surface area (Å²) < 4.78 is 2.58. The molecule has 0 spiro atoms. The van der Waals surface area contributed by atoms with Gasteiger partial charge in [0.05, 0.1) is 16.9 Å². The molecular formula is C16H19ClN4O2. The third kappa shape index (κ3) is 2.74. The number of likely N-dealkylation sites (N-methyl/N-ethyl adjacent to an activating group) is 1. The normalized spacial score (nSPS) is 14.1. The summed E-state index contributed by atoms with van der Waals surface area (Å²) in [7, 11) is 5.19. The summed E-state index contributed by atoms with van der Waals surface area (Å²) in [4.78, 5) is 28.4. The molecule has 2 aromatic rings. The van der Waals surface area contributed by atoms with Crippen LogP contribution in [0.25, 0.3) is 0 Å². The number of aromatic nitrogens is 2. The van der Waals surface area contributed by atoms with E-state index in [0.717, 1.165) is 29.0 Å². The molecular weight excluding hydrogens is 316 g/mol. The van der Waals surface area contributed by atoms with Crippen molar-refractivity contribution in [2.24, 2.45) is 14.1 Å². The van der Waals surface area contributed by atoms with E-state index >= 15 is 0 Å². The Morgan fingerprint density at radius 1 is 1.09 bits per heavy atom. The topological polar surface area (TPSA) is 50.5 Å². The van der Waals surface area contributed by atoms with Gasteiger partial charge in [-0.05, 0) is 18.2 Å². The Morgan fingerprint density at radius 3 is 2.57 bits per heavy atom. The van der Waals surface area contributed by atoms with E-state index in [0.29, 0.717) is 17.1 Å². The molecule has 0 atom stereocenters. The molecule has 0 bridgehead atoms. The molecule has 1 aromatic heterocycles. The van der Waals surface area contributed by atoms with Crippen LogP contribution in [-0.2, 0) is 20.6 Å². The Kier molecular flexibility index (Phi) is 3.93. The van der Waals surface area contributed by atoms with Crippen LogP contribution in [0.5, 0.6) is 0 Å². The maximum atomic E-state index is 12.3. The average molecular weight is 335 g/mol. The van der Waals surface area contributed by atoms with Gasteiger partial charge in [0.1, 0.15) is 0 Å². The number of rotatable bonds is 2. The Bertz CT molecular complexity index is 871. The van der Waals surface area contributed by atoms with Crippen molar-refractivity contribution in [2.45, 2.75) is 6.54 Å². The number of aryl methyl sites for hydroxylation is 1. The summed E-state index contributed by atoms with van der Waals surface area (Å²) in [5.74, 6) is 0. The highest BCUT2D eigenvalue weighted by molar-refractivity contribution is 6.31. The molecule has 122 valence electrons. The number of fused-ring (bicyclic) bond motifs is 1. The summed E-state index contributed by atoms with van der Waals surface area (Å²) in [6, 6.07) is 5.77. The van der Waals surface area contributed by atoms with E-state index < -0.39 is 0 Å². The van der Waals surface area contributed by atoms with Gasteiger partial charge < -0.3 is 14.4 Å². The fraction of sp³-hybridized carbons (Fsp3) is 0.375. The van der Waals surface area contributed by atoms with Crippen molar-refractivity contribution in [2.75, 3.05) is 29.9 Å². The zero-order chi connectivity index (χ0) is 16.7. The molecule has 23 heavy (non-hydrogen) atoms. The van der Waals surface area contributed by atoms with Gasteiger partial charge >= 0.3 is 5.69 Å². The van der Waals surface area contributed by atoms with Gasteiger partial charge in [0.2, 0.25) is 0 Å². The van der Waals surface area contributed by atoms with E-state index in [1.807, 2.05) is 25.2 Å². The lowest BCUT2D eigenvalue weighted by molar-refractivity contribution is 0.652. The predicted molar refractivity (Wildman–Crippen MR) is 92.7 cm³/mol. The van der Waals surface area contributed by atoms with Crippen LogP contribution in [0, 0.1) is 0 Å². The molecule has 0 N–H and O–H groups in total. The summed E-state index contributed by atoms with van der Waals surface area (Å²) in [6.45, 7) is 2.10. The van der Waals surface area contributed by atoms with Crippen molar-refractivity contribution in [3.05, 3.63) is 55.8 Å². The molecule has 0 saturated heterocycles. The largest absolute Gasteiger partial charge is 0.371 e. The standard InChI is InChI=1S/C16H19ClN4O2/c1-18-6-7-21(14-8-12(17)4-5-13(14)18)10-11-9-19(2)16(23)20(3)15(11)22/h4-5,8-9H,6-7,10H2,1-3H3. The molecule has 7 heteroatoms. The maximum absolute atomic E-state index is 12.3. The summed E-state index contributed by atoms with van der Waals surface area (Å²) in [5, 5.41) is 0.664. The number of anilines is 2. The van der Waals surface area contributed by atoms with E-state index in [4.69, 9.17) is 11.6 Å². The lowest BCUT2D eigenvalue weighted by Crippen LogP contribution is -2.43. The minimum Gasteiger partial charge on any atom is -0.371 e. The highest BCUT2D eigenvalue weighted by Crippen LogP contribution is 2.35. The first-order chi connectivity index (χ1) is 10.9. The molecule has 0 amide bonds. The molecule has 0 saturated carbocycles. The van der Waals surface area contributed by atoms with E-state index in [1.165, 1.54) is 11.6 Å². The zero-order valence-corrected chi connectivity index (χ0v) is 14.2. The zero-order valence-electron chi connectivity index (χ0n) is 13.4. The molecule has 1 aliphatic rings. The van der Waals surface area contributed by atoms with Crippen molar-refractivity contribution in [3.8, 4) is 0 Å². The smallest absolute Gasteiger partial charge is 0.330 e. The van der Waals surface area contributed by atoms with E-state index in [2.05, 4.69) is 9.80 Å². The van der Waals surface area contributed by atoms with Crippen molar-refractivity contribution < 1.29 is 0 Å². The van der Waals surface area contributed by atoms with Crippen LogP contribution in [-0.4, -0.2) is 29.3 Å². The Labute approximate surface area is 139 Å². The Balaban J connectivity index is 2.03. The van der Waals surface area contributed by atoms with Crippen LogP contribution < -0.4 is 21.0 Å². The summed E-state index contributed by atoms with van der Waals surface area (Å²) in [6.07, 6.45) is 1.62. The van der Waals surface area contributed by atoms with Crippen molar-refractivity contribution in [1.82, 2.24) is 9.13 Å². The predicted octanol–water partition coefficient (Wildman–Crippen LogP) is 1.19. The van der Waals surface area contributed by atoms with Gasteiger partial charge in [0, 0.05) is 52.0 Å². The van der Waals surface area contributed by atoms with Crippen LogP contribution in [0.1, 0.15) is 5.56 Å². The van der Waals surface area contributed by atoms with E-state index in [1.54, 1.807) is 13.2 Å². The number of benzene rings is 1. The fourth-order valence-corrected chi connectivity index (χ4v) is 3.11. The summed E-state index contributed by atoms with van der Waals surface area (Å²) >= 11 is 6.14. The lowest BCUT2D eigenvalue weighted by Gasteiger charge is -2.37. The van der Waals surface area contributed by atoms with Gasteiger partial charge in [-0.2, -0.15) is 0 Å². The third-order valence-corrected chi connectivity index (χ3v) is 4.51. The number of hydrogen-bond donors (Lipinski definition) is 0. The van der Waals surface area contributed by atoms with Crippen molar-refractivity contribution in [3.63, 3.8) is 0 Å². The first-order valence-corrected chi connectivity index (χ1v) is 7.77. The second-order valence-electron chi connectivity index (χ2n) is 5.89. The van der Waals surface area contributed by atoms with Gasteiger partial charge in [-0.25, -0.2) is 4.79 Å². The van der Waals surface area contributed by atoms with Gasteiger partial charge in [0.15, 0.2) is 0 Å². The maximum Gasteiger partial charge on any atom is 0.330 e. The molecule has 3 rings (SSSR count). The number of nitrogens with zero attached hydrogens (tertiary/aromatic N) is 4. The SMILES string of the molecule is CN1CCN(Cc2cn(C)c(=O)n(C)c2=O)c2cc(Cl)ccc21. The second-order valence-corrected chi connectivity index (χ2v) is 6.32. The van der Waals surface area contributed by atoms with Crippen LogP contribution in [0.3, 0.4) is 0 Å². The highest BCUT2D eigenvalue weighted by atomic mass is 35.5. The van der Waals surface area contributed by atoms with Gasteiger partial charge in [-0.1, -0.05) is 11.6 Å². The third-order valence-electron chi connectivity index (χ3n) is 4.27. The quantitative estimate of drug-likeness (QED) is 0.828. The van der Waals surface area contributed by atoms with Gasteiger partial charge in [-0.15, -0.1) is 0 Å². The molecule has 6 nitrogen and oxygen atoms in total. The van der Waals surface area contributed by atoms with E-state index in [-0.39, 0.29) is 11.2 Å². The minimum atomic E-state index is -0.319. The second kappa shape index (κ2) is 5.77. The van der Waals surface area contributed by atoms with Crippen LogP contribution in [0.2, 0.25) is 5.02 Å². The number of hydrogen-bond acceptors (Lipinski definition) is 4. The molecule has 0 aliphatic carbocycles. The first-order valence-electron chi connectivity index (χ1n) is 7.39. The first kappa shape index (κ1) is 15.7. The lowest BCUT2D eigenvalue weighted by atomic mass is 10.1. The molecule has 0 unspecified atom stereocenters. The molecule has 1 aliphatic heterocycles. The fourth-order valence-electron chi connectivity index (χ4n) is 2.95. The Hall–Kier alpha value is -2.21. The molecule has 1 aromatic carbocycles. The summed E-state index contributed by atoms with van der Waals surface area (Å²) in [5.41, 5.74) is 2.10.